The second-order valence-electron chi connectivity index (χ2n) is 9.79. The Labute approximate surface area is 190 Å². The quantitative estimate of drug-likeness (QED) is 0.482. The predicted octanol–water partition coefficient (Wildman–Crippen LogP) is 4.69. The zero-order valence-electron chi connectivity index (χ0n) is 19.6. The summed E-state index contributed by atoms with van der Waals surface area (Å²) in [5.74, 6) is 0.624. The number of amides is 1. The van der Waals surface area contributed by atoms with Crippen LogP contribution in [0.1, 0.15) is 56.5 Å². The summed E-state index contributed by atoms with van der Waals surface area (Å²) in [7, 11) is 0. The molecule has 4 rings (SSSR count). The fourth-order valence-electron chi connectivity index (χ4n) is 3.64. The summed E-state index contributed by atoms with van der Waals surface area (Å²) in [4.78, 5) is 21.8. The highest BCUT2D eigenvalue weighted by molar-refractivity contribution is 5.96. The molecule has 1 heterocycles. The highest BCUT2D eigenvalue weighted by Gasteiger charge is 2.24. The van der Waals surface area contributed by atoms with Gasteiger partial charge in [-0.1, -0.05) is 26.0 Å². The lowest BCUT2D eigenvalue weighted by atomic mass is 9.97. The molecule has 0 saturated heterocycles. The van der Waals surface area contributed by atoms with Gasteiger partial charge in [0, 0.05) is 41.3 Å². The summed E-state index contributed by atoms with van der Waals surface area (Å²) in [6, 6.07) is 12.8. The molecule has 1 amide bonds. The molecule has 3 aromatic rings. The van der Waals surface area contributed by atoms with Crippen molar-refractivity contribution < 1.29 is 4.79 Å². The summed E-state index contributed by atoms with van der Waals surface area (Å²) in [6.07, 6.45) is 4.02. The molecule has 0 spiro atoms. The Morgan fingerprint density at radius 2 is 1.94 bits per heavy atom. The standard InChI is InChI=1S/C26H33N5O/c1-16(2)28-15-26(4,5)31-25-27-14-20-12-18(8-11-23(20)30-25)22-13-19(7-6-17(22)3)24(32)29-21-9-10-21/h6-8,11-14,16,21,28H,9-10,15H2,1-5H3,(H,29,32)(H,27,30,31). The number of carbonyl (C=O) groups excluding carboxylic acids is 1. The van der Waals surface area contributed by atoms with Crippen LogP contribution in [0.4, 0.5) is 5.95 Å². The van der Waals surface area contributed by atoms with Crippen LogP contribution in [0.3, 0.4) is 0 Å². The first-order chi connectivity index (χ1) is 15.2. The molecule has 168 valence electrons. The molecule has 3 N–H and O–H groups in total. The third kappa shape index (κ3) is 5.43. The summed E-state index contributed by atoms with van der Waals surface area (Å²) < 4.78 is 0. The molecule has 0 radical (unpaired) electrons. The van der Waals surface area contributed by atoms with Gasteiger partial charge < -0.3 is 16.0 Å². The molecule has 1 aliphatic carbocycles. The van der Waals surface area contributed by atoms with E-state index in [2.05, 4.69) is 67.7 Å². The van der Waals surface area contributed by atoms with Gasteiger partial charge in [0.05, 0.1) is 5.52 Å². The first-order valence-electron chi connectivity index (χ1n) is 11.4. The largest absolute Gasteiger partial charge is 0.349 e. The molecule has 1 aromatic heterocycles. The number of anilines is 1. The molecule has 32 heavy (non-hydrogen) atoms. The lowest BCUT2D eigenvalue weighted by molar-refractivity contribution is 0.0951. The van der Waals surface area contributed by atoms with Crippen molar-refractivity contribution in [3.8, 4) is 11.1 Å². The average Bonchev–Trinajstić information content (AvgIpc) is 3.56. The molecular formula is C26H33N5O. The van der Waals surface area contributed by atoms with Gasteiger partial charge in [-0.05, 0) is 74.6 Å². The number of rotatable bonds is 8. The highest BCUT2D eigenvalue weighted by atomic mass is 16.1. The van der Waals surface area contributed by atoms with Crippen molar-refractivity contribution in [3.05, 3.63) is 53.7 Å². The van der Waals surface area contributed by atoms with Crippen LogP contribution < -0.4 is 16.0 Å². The van der Waals surface area contributed by atoms with E-state index in [-0.39, 0.29) is 11.4 Å². The number of hydrogen-bond donors (Lipinski definition) is 3. The van der Waals surface area contributed by atoms with Crippen LogP contribution in [0, 0.1) is 6.92 Å². The van der Waals surface area contributed by atoms with Gasteiger partial charge >= 0.3 is 0 Å². The second kappa shape index (κ2) is 8.87. The van der Waals surface area contributed by atoms with E-state index >= 15 is 0 Å². The molecule has 6 nitrogen and oxygen atoms in total. The van der Waals surface area contributed by atoms with Gasteiger partial charge in [0.15, 0.2) is 0 Å². The molecule has 0 bridgehead atoms. The molecule has 2 aromatic carbocycles. The fraction of sp³-hybridized carbons (Fsp3) is 0.423. The number of hydrogen-bond acceptors (Lipinski definition) is 5. The zero-order chi connectivity index (χ0) is 22.9. The summed E-state index contributed by atoms with van der Waals surface area (Å²) in [6.45, 7) is 11.4. The van der Waals surface area contributed by atoms with E-state index in [0.29, 0.717) is 23.6 Å². The van der Waals surface area contributed by atoms with Gasteiger partial charge in [0.2, 0.25) is 5.95 Å². The number of aromatic nitrogens is 2. The van der Waals surface area contributed by atoms with E-state index in [1.807, 2.05) is 30.5 Å². The highest BCUT2D eigenvalue weighted by Crippen LogP contribution is 2.28. The number of nitrogens with one attached hydrogen (secondary N) is 3. The Hall–Kier alpha value is -2.99. The Morgan fingerprint density at radius 3 is 2.66 bits per heavy atom. The second-order valence-corrected chi connectivity index (χ2v) is 9.79. The van der Waals surface area contributed by atoms with Crippen molar-refractivity contribution in [1.82, 2.24) is 20.6 Å². The lowest BCUT2D eigenvalue weighted by Gasteiger charge is -2.27. The Bertz CT molecular complexity index is 1130. The van der Waals surface area contributed by atoms with Crippen LogP contribution in [-0.4, -0.2) is 40.0 Å². The van der Waals surface area contributed by atoms with Crippen molar-refractivity contribution >= 4 is 22.8 Å². The minimum atomic E-state index is -0.170. The van der Waals surface area contributed by atoms with Crippen molar-refractivity contribution in [2.75, 3.05) is 11.9 Å². The van der Waals surface area contributed by atoms with Crippen LogP contribution in [0.2, 0.25) is 0 Å². The number of fused-ring (bicyclic) bond motifs is 1. The molecule has 0 atom stereocenters. The van der Waals surface area contributed by atoms with E-state index in [1.165, 1.54) is 0 Å². The topological polar surface area (TPSA) is 78.9 Å². The van der Waals surface area contributed by atoms with Gasteiger partial charge in [0.1, 0.15) is 0 Å². The normalized spacial score (nSPS) is 14.1. The van der Waals surface area contributed by atoms with Crippen molar-refractivity contribution in [2.24, 2.45) is 0 Å². The summed E-state index contributed by atoms with van der Waals surface area (Å²) >= 11 is 0. The Balaban J connectivity index is 1.56. The molecular weight excluding hydrogens is 398 g/mol. The lowest BCUT2D eigenvalue weighted by Crippen LogP contribution is -2.44. The Morgan fingerprint density at radius 1 is 1.16 bits per heavy atom. The zero-order valence-corrected chi connectivity index (χ0v) is 19.6. The van der Waals surface area contributed by atoms with Crippen LogP contribution in [0.25, 0.3) is 22.0 Å². The summed E-state index contributed by atoms with van der Waals surface area (Å²) in [5.41, 5.74) is 4.66. The third-order valence-corrected chi connectivity index (χ3v) is 5.71. The van der Waals surface area contributed by atoms with Crippen molar-refractivity contribution in [1.29, 1.82) is 0 Å². The Kier molecular flexibility index (Phi) is 6.15. The van der Waals surface area contributed by atoms with Gasteiger partial charge in [-0.25, -0.2) is 9.97 Å². The van der Waals surface area contributed by atoms with Gasteiger partial charge in [-0.15, -0.1) is 0 Å². The van der Waals surface area contributed by atoms with Crippen LogP contribution in [-0.2, 0) is 0 Å². The molecule has 6 heteroatoms. The van der Waals surface area contributed by atoms with Crippen molar-refractivity contribution in [3.63, 3.8) is 0 Å². The van der Waals surface area contributed by atoms with Crippen LogP contribution in [0.15, 0.2) is 42.6 Å². The number of nitrogens with zero attached hydrogens (tertiary/aromatic N) is 2. The SMILES string of the molecule is Cc1ccc(C(=O)NC2CC2)cc1-c1ccc2nc(NC(C)(C)CNC(C)C)ncc2c1. The molecule has 0 aliphatic heterocycles. The molecule has 1 saturated carbocycles. The van der Waals surface area contributed by atoms with Crippen LogP contribution >= 0.6 is 0 Å². The van der Waals surface area contributed by atoms with Gasteiger partial charge in [-0.3, -0.25) is 4.79 Å². The summed E-state index contributed by atoms with van der Waals surface area (Å²) in [5, 5.41) is 10.9. The number of carbonyl (C=O) groups is 1. The molecule has 0 unspecified atom stereocenters. The maximum Gasteiger partial charge on any atom is 0.251 e. The number of aryl methyl sites for hydroxylation is 1. The predicted molar refractivity (Wildman–Crippen MR) is 131 cm³/mol. The minimum absolute atomic E-state index is 0.00293. The average molecular weight is 432 g/mol. The van der Waals surface area contributed by atoms with Gasteiger partial charge in [0.25, 0.3) is 5.91 Å². The first-order valence-corrected chi connectivity index (χ1v) is 11.4. The third-order valence-electron chi connectivity index (χ3n) is 5.71. The minimum Gasteiger partial charge on any atom is -0.349 e. The first kappa shape index (κ1) is 22.2. The number of benzene rings is 2. The fourth-order valence-corrected chi connectivity index (χ4v) is 3.64. The van der Waals surface area contributed by atoms with Crippen molar-refractivity contribution in [2.45, 2.75) is 65.1 Å². The molecule has 1 aliphatic rings. The van der Waals surface area contributed by atoms with E-state index in [9.17, 15) is 4.79 Å². The van der Waals surface area contributed by atoms with E-state index in [4.69, 9.17) is 4.98 Å². The van der Waals surface area contributed by atoms with E-state index in [0.717, 1.165) is 47.0 Å². The van der Waals surface area contributed by atoms with Gasteiger partial charge in [-0.2, -0.15) is 0 Å². The van der Waals surface area contributed by atoms with E-state index < -0.39 is 0 Å². The maximum atomic E-state index is 12.5. The monoisotopic (exact) mass is 431 g/mol. The van der Waals surface area contributed by atoms with Crippen LogP contribution in [0.5, 0.6) is 0 Å². The maximum absolute atomic E-state index is 12.5. The molecule has 1 fully saturated rings. The van der Waals surface area contributed by atoms with E-state index in [1.54, 1.807) is 0 Å². The smallest absolute Gasteiger partial charge is 0.251 e.